The summed E-state index contributed by atoms with van der Waals surface area (Å²) in [4.78, 5) is 15.3. The van der Waals surface area contributed by atoms with E-state index in [9.17, 15) is 15.3 Å². The lowest BCUT2D eigenvalue weighted by molar-refractivity contribution is -0.217. The molecule has 0 radical (unpaired) electrons. The second kappa shape index (κ2) is 14.5. The maximum Gasteiger partial charge on any atom is 0.162 e. The Morgan fingerprint density at radius 2 is 1.75 bits per heavy atom. The number of hydrogen-bond acceptors (Lipinski definition) is 8. The van der Waals surface area contributed by atoms with Crippen molar-refractivity contribution in [1.29, 1.82) is 0 Å². The van der Waals surface area contributed by atoms with Crippen LogP contribution < -0.4 is 11.1 Å². The van der Waals surface area contributed by atoms with Crippen molar-refractivity contribution in [2.24, 2.45) is 62.9 Å². The number of aliphatic hydroxyl groups is 3. The van der Waals surface area contributed by atoms with E-state index in [1.807, 2.05) is 13.0 Å². The first kappa shape index (κ1) is 42.5. The summed E-state index contributed by atoms with van der Waals surface area (Å²) in [6.07, 6.45) is 17.3. The Balaban J connectivity index is 1.06. The van der Waals surface area contributed by atoms with Gasteiger partial charge in [-0.05, 0) is 171 Å². The molecule has 1 spiro atoms. The second-order valence-electron chi connectivity index (χ2n) is 23.5. The number of aliphatic hydroxyl groups excluding tert-OH is 1. The van der Waals surface area contributed by atoms with Crippen molar-refractivity contribution in [3.05, 3.63) is 70.6 Å². The molecule has 8 nitrogen and oxygen atoms in total. The van der Waals surface area contributed by atoms with Crippen LogP contribution in [-0.2, 0) is 20.7 Å². The lowest BCUT2D eigenvalue weighted by Gasteiger charge is -2.69. The number of rotatable bonds is 10. The summed E-state index contributed by atoms with van der Waals surface area (Å²) in [7, 11) is 0. The molecule has 334 valence electrons. The van der Waals surface area contributed by atoms with Gasteiger partial charge in [-0.15, -0.1) is 0 Å². The fraction of sp³-hybridized carbons (Fsp3) is 0.755. The van der Waals surface area contributed by atoms with Gasteiger partial charge in [0.2, 0.25) is 0 Å². The van der Waals surface area contributed by atoms with E-state index in [1.54, 1.807) is 0 Å². The van der Waals surface area contributed by atoms with E-state index in [-0.39, 0.29) is 52.3 Å². The summed E-state index contributed by atoms with van der Waals surface area (Å²) < 4.78 is 14.3. The molecule has 6 aliphatic carbocycles. The molecular weight excluding hydrogens is 761 g/mol. The number of fused-ring (bicyclic) bond motifs is 3. The van der Waals surface area contributed by atoms with Crippen LogP contribution in [0, 0.1) is 57.2 Å². The first-order chi connectivity index (χ1) is 28.9. The molecule has 6 N–H and O–H groups in total. The van der Waals surface area contributed by atoms with Crippen molar-refractivity contribution in [2.75, 3.05) is 13.2 Å². The van der Waals surface area contributed by atoms with Crippen molar-refractivity contribution < 1.29 is 29.6 Å². The van der Waals surface area contributed by atoms with E-state index in [2.05, 4.69) is 76.3 Å². The van der Waals surface area contributed by atoms with Crippen molar-refractivity contribution >= 4 is 5.78 Å². The van der Waals surface area contributed by atoms with Gasteiger partial charge >= 0.3 is 0 Å². The van der Waals surface area contributed by atoms with Crippen molar-refractivity contribution in [3.63, 3.8) is 0 Å². The summed E-state index contributed by atoms with van der Waals surface area (Å²) in [5.74, 6) is 1.48. The van der Waals surface area contributed by atoms with E-state index in [4.69, 9.17) is 15.2 Å². The molecule has 9 aliphatic rings. The summed E-state index contributed by atoms with van der Waals surface area (Å²) in [6.45, 7) is 14.9. The van der Waals surface area contributed by atoms with Crippen LogP contribution in [0.3, 0.4) is 0 Å². The standard InChI is InChI=1S/C53H76N2O6/c1-32-20-25-60-52(29-32,46-45(61-46)50(6,58)47(2,3)23-18-34-19-24-55-41(54)26-34)40-27-36-16-17-38-43-42(49(5)39(44(38)57)28-37(56)31-51(49)21-10-11-22-51)35(30-48(40,4)53(36,43)59)15-14-33-12-8-7-9-13-33/h7-9,12-13,19,26,32,35-37,39-40,42,45-46,55-56,58-59H,10-11,14-18,20-25,27-31,54H2,1-6H3/t32-,35+,36-,37-,39+,40+,42+,45+,46+,48-,49+,50+,52-,53-/m1/s1. The number of Topliss-reactive ketones (excluding diaryl/α,β-unsaturated/α-hetero) is 1. The number of ether oxygens (including phenoxy) is 2. The van der Waals surface area contributed by atoms with E-state index in [0.717, 1.165) is 108 Å². The van der Waals surface area contributed by atoms with Gasteiger partial charge < -0.3 is 35.8 Å². The maximum absolute atomic E-state index is 15.3. The van der Waals surface area contributed by atoms with Gasteiger partial charge in [0, 0.05) is 24.5 Å². The largest absolute Gasteiger partial charge is 0.393 e. The van der Waals surface area contributed by atoms with Crippen molar-refractivity contribution in [3.8, 4) is 0 Å². The van der Waals surface area contributed by atoms with Gasteiger partial charge in [0.15, 0.2) is 5.78 Å². The number of hydrogen-bond donors (Lipinski definition) is 5. The summed E-state index contributed by atoms with van der Waals surface area (Å²) in [5, 5.41) is 41.8. The monoisotopic (exact) mass is 837 g/mol. The van der Waals surface area contributed by atoms with Crippen LogP contribution in [0.2, 0.25) is 0 Å². The molecule has 4 saturated carbocycles. The summed E-state index contributed by atoms with van der Waals surface area (Å²) in [6, 6.07) is 10.9. The molecule has 6 fully saturated rings. The van der Waals surface area contributed by atoms with Crippen LogP contribution in [0.5, 0.6) is 0 Å². The quantitative estimate of drug-likeness (QED) is 0.148. The van der Waals surface area contributed by atoms with Gasteiger partial charge in [-0.25, -0.2) is 0 Å². The zero-order valence-electron chi connectivity index (χ0n) is 38.1. The van der Waals surface area contributed by atoms with Gasteiger partial charge in [-0.1, -0.05) is 83.9 Å². The van der Waals surface area contributed by atoms with Crippen LogP contribution in [0.4, 0.5) is 0 Å². The molecule has 1 aromatic rings. The van der Waals surface area contributed by atoms with Gasteiger partial charge in [0.05, 0.1) is 23.1 Å². The number of carbonyl (C=O) groups is 1. The summed E-state index contributed by atoms with van der Waals surface area (Å²) in [5.41, 5.74) is 6.27. The van der Waals surface area contributed by atoms with Crippen molar-refractivity contribution in [2.45, 2.75) is 179 Å². The molecule has 3 heterocycles. The van der Waals surface area contributed by atoms with Crippen LogP contribution >= 0.6 is 0 Å². The Labute approximate surface area is 365 Å². The predicted octanol–water partition coefficient (Wildman–Crippen LogP) is 8.48. The van der Waals surface area contributed by atoms with Gasteiger partial charge in [0.1, 0.15) is 17.8 Å². The number of aryl methyl sites for hydroxylation is 1. The molecule has 8 heteroatoms. The molecule has 0 unspecified atom stereocenters. The van der Waals surface area contributed by atoms with Gasteiger partial charge in [0.25, 0.3) is 0 Å². The predicted molar refractivity (Wildman–Crippen MR) is 238 cm³/mol. The number of nitrogens with one attached hydrogen (secondary N) is 1. The first-order valence-corrected chi connectivity index (χ1v) is 24.6. The van der Waals surface area contributed by atoms with E-state index in [1.165, 1.54) is 11.1 Å². The van der Waals surface area contributed by atoms with E-state index in [0.29, 0.717) is 31.2 Å². The molecule has 0 bridgehead atoms. The van der Waals surface area contributed by atoms with Crippen molar-refractivity contribution in [1.82, 2.24) is 5.32 Å². The number of dihydropyridines is 1. The minimum Gasteiger partial charge on any atom is -0.393 e. The topological polar surface area (TPSA) is 138 Å². The SMILES string of the molecule is C[C@@H]1CCO[C@]([C@H]2C[C@H]3CCC4=C5[C@H]([C@@H](CCc6ccccc6)C[C@@]2(C)[C@]53O)[C@]2(C)[C@@H](C[C@@H](O)CC23CCCC3)C4=O)([C@H]2O[C@@H]2[C@](C)(O)C(C)(C)CCC2=CCNC(N)=C2)C1. The third-order valence-electron chi connectivity index (χ3n) is 20.4. The van der Waals surface area contributed by atoms with Crippen LogP contribution in [0.15, 0.2) is 65.0 Å². The molecule has 2 saturated heterocycles. The number of nitrogens with two attached hydrogens (primary N) is 1. The highest BCUT2D eigenvalue weighted by molar-refractivity contribution is 6.00. The van der Waals surface area contributed by atoms with Gasteiger partial charge in [-0.2, -0.15) is 0 Å². The average molecular weight is 837 g/mol. The van der Waals surface area contributed by atoms with Crippen LogP contribution in [-0.4, -0.2) is 69.4 Å². The van der Waals surface area contributed by atoms with Crippen LogP contribution in [0.25, 0.3) is 0 Å². The molecule has 3 aliphatic heterocycles. The Hall–Kier alpha value is -2.49. The molecule has 0 amide bonds. The fourth-order valence-electron chi connectivity index (χ4n) is 16.8. The second-order valence-corrected chi connectivity index (χ2v) is 23.5. The maximum atomic E-state index is 15.3. The highest BCUT2D eigenvalue weighted by Crippen LogP contribution is 2.79. The molecule has 61 heavy (non-hydrogen) atoms. The van der Waals surface area contributed by atoms with E-state index >= 15 is 4.79 Å². The third-order valence-corrected chi connectivity index (χ3v) is 20.4. The zero-order valence-corrected chi connectivity index (χ0v) is 38.1. The minimum atomic E-state index is -1.14. The lowest BCUT2D eigenvalue weighted by atomic mass is 9.35. The molecule has 0 aromatic heterocycles. The van der Waals surface area contributed by atoms with Crippen LogP contribution in [0.1, 0.15) is 143 Å². The third kappa shape index (κ3) is 6.02. The number of epoxide rings is 1. The lowest BCUT2D eigenvalue weighted by Crippen LogP contribution is -2.70. The number of allylic oxidation sites excluding steroid dienone is 3. The minimum absolute atomic E-state index is 0.0130. The molecular formula is C53H76N2O6. The Morgan fingerprint density at radius 3 is 2.48 bits per heavy atom. The molecule has 14 atom stereocenters. The number of ketones is 1. The Kier molecular flexibility index (Phi) is 10.1. The Bertz CT molecular complexity index is 2000. The highest BCUT2D eigenvalue weighted by atomic mass is 16.6. The van der Waals surface area contributed by atoms with E-state index < -0.39 is 39.8 Å². The smallest absolute Gasteiger partial charge is 0.162 e. The number of carbonyl (C=O) groups excluding carboxylic acids is 1. The summed E-state index contributed by atoms with van der Waals surface area (Å²) >= 11 is 0. The first-order valence-electron chi connectivity index (χ1n) is 24.6. The fourth-order valence-corrected chi connectivity index (χ4v) is 16.8. The number of benzene rings is 1. The average Bonchev–Trinajstić information content (AvgIpc) is 3.86. The molecule has 1 aromatic carbocycles. The molecule has 10 rings (SSSR count). The zero-order chi connectivity index (χ0) is 43.0. The Morgan fingerprint density at radius 1 is 1.00 bits per heavy atom. The van der Waals surface area contributed by atoms with Gasteiger partial charge in [-0.3, -0.25) is 4.79 Å². The highest BCUT2D eigenvalue weighted by Gasteiger charge is 2.80. The normalized spacial score (nSPS) is 44.7.